The molecule has 0 saturated carbocycles. The quantitative estimate of drug-likeness (QED) is 0.782. The number of hydrogen-bond acceptors (Lipinski definition) is 3. The van der Waals surface area contributed by atoms with E-state index in [1.54, 1.807) is 19.2 Å². The Bertz CT molecular complexity index is 928. The summed E-state index contributed by atoms with van der Waals surface area (Å²) in [6, 6.07) is 15.0. The second-order valence-electron chi connectivity index (χ2n) is 5.99. The number of amides is 1. The van der Waals surface area contributed by atoms with Crippen LogP contribution < -0.4 is 10.1 Å². The number of nitrogens with one attached hydrogen (secondary N) is 1. The van der Waals surface area contributed by atoms with Crippen molar-refractivity contribution in [3.8, 4) is 11.4 Å². The standard InChI is InChI=1S/C20H21N3O2/c1-13-9-10-16(12-19(13)25-4)20(24)21-17-7-5-6-8-18(17)23-15(3)11-14(2)22-23/h5-12H,1-4H3,(H,21,24). The molecule has 0 saturated heterocycles. The average molecular weight is 335 g/mol. The lowest BCUT2D eigenvalue weighted by molar-refractivity contribution is 0.102. The van der Waals surface area contributed by atoms with Crippen molar-refractivity contribution in [2.45, 2.75) is 20.8 Å². The van der Waals surface area contributed by atoms with Crippen LogP contribution in [0.3, 0.4) is 0 Å². The van der Waals surface area contributed by atoms with Crippen LogP contribution in [-0.2, 0) is 0 Å². The summed E-state index contributed by atoms with van der Waals surface area (Å²) in [6.07, 6.45) is 0. The van der Waals surface area contributed by atoms with Gasteiger partial charge in [0.15, 0.2) is 0 Å². The van der Waals surface area contributed by atoms with Crippen LogP contribution in [-0.4, -0.2) is 22.8 Å². The SMILES string of the molecule is COc1cc(C(=O)Nc2ccccc2-n2nc(C)cc2C)ccc1C. The van der Waals surface area contributed by atoms with E-state index in [0.717, 1.165) is 22.6 Å². The highest BCUT2D eigenvalue weighted by Gasteiger charge is 2.13. The Labute approximate surface area is 147 Å². The van der Waals surface area contributed by atoms with Crippen molar-refractivity contribution in [3.63, 3.8) is 0 Å². The van der Waals surface area contributed by atoms with Gasteiger partial charge in [0.2, 0.25) is 0 Å². The van der Waals surface area contributed by atoms with E-state index in [2.05, 4.69) is 10.4 Å². The summed E-state index contributed by atoms with van der Waals surface area (Å²) in [6.45, 7) is 5.88. The summed E-state index contributed by atoms with van der Waals surface area (Å²) in [5.41, 5.74) is 5.02. The van der Waals surface area contributed by atoms with Gasteiger partial charge < -0.3 is 10.1 Å². The summed E-state index contributed by atoms with van der Waals surface area (Å²) in [4.78, 5) is 12.7. The molecule has 0 fully saturated rings. The van der Waals surface area contributed by atoms with E-state index in [9.17, 15) is 4.79 Å². The molecule has 0 aliphatic rings. The number of anilines is 1. The molecular weight excluding hydrogens is 314 g/mol. The van der Waals surface area contributed by atoms with Gasteiger partial charge in [-0.2, -0.15) is 5.10 Å². The number of ether oxygens (including phenoxy) is 1. The van der Waals surface area contributed by atoms with E-state index in [4.69, 9.17) is 4.74 Å². The first-order valence-electron chi connectivity index (χ1n) is 8.08. The van der Waals surface area contributed by atoms with Crippen molar-refractivity contribution in [3.05, 3.63) is 71.0 Å². The zero-order chi connectivity index (χ0) is 18.0. The molecule has 5 heteroatoms. The molecule has 5 nitrogen and oxygen atoms in total. The Morgan fingerprint density at radius 1 is 1.08 bits per heavy atom. The summed E-state index contributed by atoms with van der Waals surface area (Å²) in [7, 11) is 1.60. The molecule has 1 heterocycles. The number of benzene rings is 2. The van der Waals surface area contributed by atoms with E-state index >= 15 is 0 Å². The highest BCUT2D eigenvalue weighted by molar-refractivity contribution is 6.05. The van der Waals surface area contributed by atoms with Gasteiger partial charge >= 0.3 is 0 Å². The molecule has 128 valence electrons. The number of methoxy groups -OCH3 is 1. The fourth-order valence-corrected chi connectivity index (χ4v) is 2.79. The summed E-state index contributed by atoms with van der Waals surface area (Å²) in [5, 5.41) is 7.48. The lowest BCUT2D eigenvalue weighted by Gasteiger charge is -2.13. The molecule has 0 aliphatic heterocycles. The van der Waals surface area contributed by atoms with Crippen molar-refractivity contribution in [1.82, 2.24) is 9.78 Å². The van der Waals surface area contributed by atoms with E-state index in [1.807, 2.05) is 61.9 Å². The van der Waals surface area contributed by atoms with Gasteiger partial charge in [-0.25, -0.2) is 4.68 Å². The summed E-state index contributed by atoms with van der Waals surface area (Å²) >= 11 is 0. The number of para-hydroxylation sites is 2. The van der Waals surface area contributed by atoms with Gasteiger partial charge in [-0.3, -0.25) is 4.79 Å². The third-order valence-corrected chi connectivity index (χ3v) is 4.06. The number of aromatic nitrogens is 2. The molecular formula is C20H21N3O2. The van der Waals surface area contributed by atoms with Crippen LogP contribution in [0.1, 0.15) is 27.3 Å². The molecule has 0 unspecified atom stereocenters. The summed E-state index contributed by atoms with van der Waals surface area (Å²) < 4.78 is 7.14. The lowest BCUT2D eigenvalue weighted by Crippen LogP contribution is -2.14. The smallest absolute Gasteiger partial charge is 0.255 e. The van der Waals surface area contributed by atoms with Crippen LogP contribution in [0.25, 0.3) is 5.69 Å². The first-order chi connectivity index (χ1) is 12.0. The minimum Gasteiger partial charge on any atom is -0.496 e. The zero-order valence-electron chi connectivity index (χ0n) is 14.8. The molecule has 1 aromatic heterocycles. The lowest BCUT2D eigenvalue weighted by atomic mass is 10.1. The minimum absolute atomic E-state index is 0.188. The topological polar surface area (TPSA) is 56.1 Å². The van der Waals surface area contributed by atoms with Gasteiger partial charge in [0.25, 0.3) is 5.91 Å². The van der Waals surface area contributed by atoms with Crippen molar-refractivity contribution in [1.29, 1.82) is 0 Å². The summed E-state index contributed by atoms with van der Waals surface area (Å²) in [5.74, 6) is 0.506. The second-order valence-corrected chi connectivity index (χ2v) is 5.99. The molecule has 0 bridgehead atoms. The van der Waals surface area contributed by atoms with Crippen LogP contribution in [0.4, 0.5) is 5.69 Å². The molecule has 2 aromatic carbocycles. The van der Waals surface area contributed by atoms with Crippen LogP contribution >= 0.6 is 0 Å². The molecule has 0 radical (unpaired) electrons. The Hall–Kier alpha value is -3.08. The number of hydrogen-bond donors (Lipinski definition) is 1. The number of aryl methyl sites for hydroxylation is 3. The van der Waals surface area contributed by atoms with Crippen molar-refractivity contribution in [2.75, 3.05) is 12.4 Å². The number of rotatable bonds is 4. The third-order valence-electron chi connectivity index (χ3n) is 4.06. The van der Waals surface area contributed by atoms with Gasteiger partial charge in [0.05, 0.1) is 24.2 Å². The van der Waals surface area contributed by atoms with Gasteiger partial charge in [0, 0.05) is 11.3 Å². The largest absolute Gasteiger partial charge is 0.496 e. The van der Waals surface area contributed by atoms with Crippen LogP contribution in [0.15, 0.2) is 48.5 Å². The molecule has 3 rings (SSSR count). The number of carbonyl (C=O) groups excluding carboxylic acids is 1. The van der Waals surface area contributed by atoms with E-state index in [1.165, 1.54) is 0 Å². The molecule has 0 spiro atoms. The van der Waals surface area contributed by atoms with Gasteiger partial charge in [-0.1, -0.05) is 18.2 Å². The maximum absolute atomic E-state index is 12.7. The third kappa shape index (κ3) is 3.40. The fourth-order valence-electron chi connectivity index (χ4n) is 2.79. The Morgan fingerprint density at radius 3 is 2.52 bits per heavy atom. The highest BCUT2D eigenvalue weighted by atomic mass is 16.5. The predicted octanol–water partition coefficient (Wildman–Crippen LogP) is 4.06. The Balaban J connectivity index is 1.94. The van der Waals surface area contributed by atoms with Gasteiger partial charge in [-0.05, 0) is 56.7 Å². The van der Waals surface area contributed by atoms with Crippen molar-refractivity contribution in [2.24, 2.45) is 0 Å². The Kier molecular flexibility index (Phi) is 4.57. The van der Waals surface area contributed by atoms with Crippen LogP contribution in [0.2, 0.25) is 0 Å². The van der Waals surface area contributed by atoms with E-state index in [0.29, 0.717) is 17.0 Å². The molecule has 1 N–H and O–H groups in total. The van der Waals surface area contributed by atoms with Gasteiger partial charge in [0.1, 0.15) is 5.75 Å². The fraction of sp³-hybridized carbons (Fsp3) is 0.200. The molecule has 0 aliphatic carbocycles. The van der Waals surface area contributed by atoms with Crippen molar-refractivity contribution >= 4 is 11.6 Å². The maximum atomic E-state index is 12.7. The van der Waals surface area contributed by atoms with E-state index < -0.39 is 0 Å². The number of nitrogens with zero attached hydrogens (tertiary/aromatic N) is 2. The highest BCUT2D eigenvalue weighted by Crippen LogP contribution is 2.24. The minimum atomic E-state index is -0.188. The van der Waals surface area contributed by atoms with Crippen LogP contribution in [0.5, 0.6) is 5.75 Å². The molecule has 1 amide bonds. The zero-order valence-corrected chi connectivity index (χ0v) is 14.8. The maximum Gasteiger partial charge on any atom is 0.255 e. The molecule has 0 atom stereocenters. The monoisotopic (exact) mass is 335 g/mol. The predicted molar refractivity (Wildman–Crippen MR) is 98.7 cm³/mol. The molecule has 3 aromatic rings. The van der Waals surface area contributed by atoms with Crippen molar-refractivity contribution < 1.29 is 9.53 Å². The molecule has 25 heavy (non-hydrogen) atoms. The first-order valence-corrected chi connectivity index (χ1v) is 8.08. The normalized spacial score (nSPS) is 10.6. The number of carbonyl (C=O) groups is 1. The average Bonchev–Trinajstić information content (AvgIpc) is 2.94. The second kappa shape index (κ2) is 6.81. The van der Waals surface area contributed by atoms with Crippen LogP contribution in [0, 0.1) is 20.8 Å². The van der Waals surface area contributed by atoms with Gasteiger partial charge in [-0.15, -0.1) is 0 Å². The first kappa shape index (κ1) is 16.8. The Morgan fingerprint density at radius 2 is 1.84 bits per heavy atom. The van der Waals surface area contributed by atoms with E-state index in [-0.39, 0.29) is 5.91 Å².